The van der Waals surface area contributed by atoms with Gasteiger partial charge in [0.15, 0.2) is 0 Å². The fraction of sp³-hybridized carbons (Fsp3) is 0.857. The molecule has 0 spiro atoms. The zero-order chi connectivity index (χ0) is 12.7. The van der Waals surface area contributed by atoms with Crippen molar-refractivity contribution in [3.8, 4) is 0 Å². The first-order valence-electron chi connectivity index (χ1n) is 6.93. The van der Waals surface area contributed by atoms with E-state index in [4.69, 9.17) is 0 Å². The van der Waals surface area contributed by atoms with Gasteiger partial charge in [-0.15, -0.1) is 0 Å². The molecule has 1 aliphatic rings. The minimum Gasteiger partial charge on any atom is -0.342 e. The molecule has 1 aliphatic heterocycles. The van der Waals surface area contributed by atoms with Gasteiger partial charge in [-0.3, -0.25) is 9.59 Å². The maximum absolute atomic E-state index is 11.6. The van der Waals surface area contributed by atoms with Crippen molar-refractivity contribution >= 4 is 11.7 Å². The summed E-state index contributed by atoms with van der Waals surface area (Å²) in [7, 11) is 0. The second kappa shape index (κ2) is 7.46. The van der Waals surface area contributed by atoms with Crippen LogP contribution in [0.25, 0.3) is 0 Å². The van der Waals surface area contributed by atoms with Gasteiger partial charge in [0.1, 0.15) is 5.78 Å². The second-order valence-electron chi connectivity index (χ2n) is 5.12. The van der Waals surface area contributed by atoms with E-state index in [9.17, 15) is 9.59 Å². The van der Waals surface area contributed by atoms with Crippen molar-refractivity contribution in [3.05, 3.63) is 0 Å². The number of hydrogen-bond donors (Lipinski definition) is 0. The molecule has 1 unspecified atom stereocenters. The number of hydrogen-bond acceptors (Lipinski definition) is 2. The van der Waals surface area contributed by atoms with Crippen LogP contribution in [0.3, 0.4) is 0 Å². The molecule has 0 aromatic carbocycles. The third kappa shape index (κ3) is 4.88. The van der Waals surface area contributed by atoms with Crippen LogP contribution >= 0.6 is 0 Å². The number of nitrogens with zero attached hydrogens (tertiary/aromatic N) is 1. The highest BCUT2D eigenvalue weighted by atomic mass is 16.2. The molecule has 3 heteroatoms. The summed E-state index contributed by atoms with van der Waals surface area (Å²) in [5.41, 5.74) is 0. The first-order chi connectivity index (χ1) is 8.15. The van der Waals surface area contributed by atoms with Gasteiger partial charge < -0.3 is 4.90 Å². The van der Waals surface area contributed by atoms with Crippen LogP contribution < -0.4 is 0 Å². The lowest BCUT2D eigenvalue weighted by molar-refractivity contribution is -0.128. The summed E-state index contributed by atoms with van der Waals surface area (Å²) >= 11 is 0. The molecule has 0 aromatic rings. The summed E-state index contributed by atoms with van der Waals surface area (Å²) in [4.78, 5) is 24.7. The second-order valence-corrected chi connectivity index (χ2v) is 5.12. The van der Waals surface area contributed by atoms with Crippen molar-refractivity contribution in [1.29, 1.82) is 0 Å². The zero-order valence-corrected chi connectivity index (χ0v) is 11.2. The van der Waals surface area contributed by atoms with E-state index in [1.165, 1.54) is 32.1 Å². The van der Waals surface area contributed by atoms with Crippen molar-refractivity contribution in [2.45, 2.75) is 58.8 Å². The van der Waals surface area contributed by atoms with Crippen LogP contribution in [-0.4, -0.2) is 29.7 Å². The van der Waals surface area contributed by atoms with E-state index in [1.54, 1.807) is 6.92 Å². The fourth-order valence-corrected chi connectivity index (χ4v) is 2.34. The molecule has 1 heterocycles. The van der Waals surface area contributed by atoms with Crippen molar-refractivity contribution in [2.75, 3.05) is 13.1 Å². The number of rotatable bonds is 8. The van der Waals surface area contributed by atoms with Crippen LogP contribution in [0.5, 0.6) is 0 Å². The van der Waals surface area contributed by atoms with Gasteiger partial charge in [0.05, 0.1) is 0 Å². The number of carbonyl (C=O) groups is 2. The van der Waals surface area contributed by atoms with Crippen LogP contribution in [-0.2, 0) is 9.59 Å². The molecule has 1 rings (SSSR count). The Bertz CT molecular complexity index is 263. The van der Waals surface area contributed by atoms with Gasteiger partial charge in [-0.1, -0.05) is 39.0 Å². The molecular formula is C14H25NO2. The molecule has 0 radical (unpaired) electrons. The lowest BCUT2D eigenvalue weighted by Gasteiger charge is -2.15. The molecule has 1 saturated heterocycles. The van der Waals surface area contributed by atoms with Crippen molar-refractivity contribution in [1.82, 2.24) is 4.90 Å². The lowest BCUT2D eigenvalue weighted by atomic mass is 10.1. The molecule has 1 atom stereocenters. The molecule has 3 nitrogen and oxygen atoms in total. The van der Waals surface area contributed by atoms with Gasteiger partial charge in [-0.25, -0.2) is 0 Å². The Balaban J connectivity index is 2.11. The number of Topliss-reactive ketones (excluding diaryl/α,β-unsaturated/α-hetero) is 1. The molecule has 98 valence electrons. The van der Waals surface area contributed by atoms with Crippen LogP contribution in [0, 0.1) is 5.92 Å². The fourth-order valence-electron chi connectivity index (χ4n) is 2.34. The van der Waals surface area contributed by atoms with Crippen molar-refractivity contribution in [2.24, 2.45) is 5.92 Å². The van der Waals surface area contributed by atoms with Gasteiger partial charge in [0.25, 0.3) is 0 Å². The highest BCUT2D eigenvalue weighted by molar-refractivity contribution is 5.89. The molecule has 17 heavy (non-hydrogen) atoms. The summed E-state index contributed by atoms with van der Waals surface area (Å²) < 4.78 is 0. The number of carbonyl (C=O) groups excluding carboxylic acids is 2. The van der Waals surface area contributed by atoms with E-state index >= 15 is 0 Å². The molecule has 1 amide bonds. The average Bonchev–Trinajstić information content (AvgIpc) is 2.65. The van der Waals surface area contributed by atoms with Gasteiger partial charge in [-0.05, 0) is 13.3 Å². The number of likely N-dealkylation sites (tertiary alicyclic amines) is 1. The normalized spacial score (nSPS) is 20.0. The number of amides is 1. The Hall–Kier alpha value is -0.860. The van der Waals surface area contributed by atoms with Gasteiger partial charge in [-0.2, -0.15) is 0 Å². The molecule has 1 fully saturated rings. The molecule has 0 N–H and O–H groups in total. The summed E-state index contributed by atoms with van der Waals surface area (Å²) in [5, 5.41) is 0. The zero-order valence-electron chi connectivity index (χ0n) is 11.2. The topological polar surface area (TPSA) is 37.4 Å². The quantitative estimate of drug-likeness (QED) is 0.611. The highest BCUT2D eigenvalue weighted by Gasteiger charge is 2.31. The lowest BCUT2D eigenvalue weighted by Crippen LogP contribution is -2.27. The minimum atomic E-state index is -0.0393. The summed E-state index contributed by atoms with van der Waals surface area (Å²) in [6, 6.07) is 0. The molecule has 0 saturated carbocycles. The Morgan fingerprint density at radius 1 is 1.24 bits per heavy atom. The number of unbranched alkanes of at least 4 members (excludes halogenated alkanes) is 5. The smallest absolute Gasteiger partial charge is 0.223 e. The van der Waals surface area contributed by atoms with E-state index in [0.29, 0.717) is 13.0 Å². The van der Waals surface area contributed by atoms with Crippen molar-refractivity contribution in [3.63, 3.8) is 0 Å². The number of ketones is 1. The first kappa shape index (κ1) is 14.2. The summed E-state index contributed by atoms with van der Waals surface area (Å²) in [6.45, 7) is 5.30. The van der Waals surface area contributed by atoms with E-state index in [1.807, 2.05) is 4.90 Å². The van der Waals surface area contributed by atoms with E-state index in [0.717, 1.165) is 13.0 Å². The van der Waals surface area contributed by atoms with E-state index in [-0.39, 0.29) is 17.6 Å². The van der Waals surface area contributed by atoms with Gasteiger partial charge in [0, 0.05) is 25.4 Å². The van der Waals surface area contributed by atoms with Crippen LogP contribution in [0.4, 0.5) is 0 Å². The first-order valence-corrected chi connectivity index (χ1v) is 6.93. The maximum atomic E-state index is 11.6. The molecule has 0 aromatic heterocycles. The van der Waals surface area contributed by atoms with Crippen molar-refractivity contribution < 1.29 is 9.59 Å². The van der Waals surface area contributed by atoms with Gasteiger partial charge >= 0.3 is 0 Å². The van der Waals surface area contributed by atoms with E-state index in [2.05, 4.69) is 6.92 Å². The monoisotopic (exact) mass is 239 g/mol. The molecule has 0 bridgehead atoms. The minimum absolute atomic E-state index is 0.0393. The Labute approximate surface area is 105 Å². The predicted octanol–water partition coefficient (Wildman–Crippen LogP) is 2.78. The summed E-state index contributed by atoms with van der Waals surface area (Å²) in [5.74, 6) is 0.283. The molecular weight excluding hydrogens is 214 g/mol. The summed E-state index contributed by atoms with van der Waals surface area (Å²) in [6.07, 6.45) is 7.88. The van der Waals surface area contributed by atoms with Crippen LogP contribution in [0.1, 0.15) is 58.8 Å². The third-order valence-electron chi connectivity index (χ3n) is 3.57. The standard InChI is InChI=1S/C14H25NO2/c1-3-4-5-6-7-8-9-15-11-13(12(2)16)10-14(15)17/h13H,3-11H2,1-2H3. The Morgan fingerprint density at radius 3 is 2.47 bits per heavy atom. The average molecular weight is 239 g/mol. The largest absolute Gasteiger partial charge is 0.342 e. The van der Waals surface area contributed by atoms with Gasteiger partial charge in [0.2, 0.25) is 5.91 Å². The third-order valence-corrected chi connectivity index (χ3v) is 3.57. The van der Waals surface area contributed by atoms with Crippen LogP contribution in [0.2, 0.25) is 0 Å². The molecule has 0 aliphatic carbocycles. The maximum Gasteiger partial charge on any atom is 0.223 e. The SMILES string of the molecule is CCCCCCCCN1CC(C(C)=O)CC1=O. The predicted molar refractivity (Wildman–Crippen MR) is 68.7 cm³/mol. The van der Waals surface area contributed by atoms with Crippen LogP contribution in [0.15, 0.2) is 0 Å². The Morgan fingerprint density at radius 2 is 1.88 bits per heavy atom. The highest BCUT2D eigenvalue weighted by Crippen LogP contribution is 2.19. The Kier molecular flexibility index (Phi) is 6.23. The van der Waals surface area contributed by atoms with E-state index < -0.39 is 0 Å².